The molecule has 0 spiro atoms. The molecule has 2 heterocycles. The van der Waals surface area contributed by atoms with Gasteiger partial charge in [-0.25, -0.2) is 0 Å². The first-order chi connectivity index (χ1) is 6.77. The summed E-state index contributed by atoms with van der Waals surface area (Å²) >= 11 is 1.59. The Hall–Kier alpha value is -0.420. The summed E-state index contributed by atoms with van der Waals surface area (Å²) in [6.45, 7) is 1.05. The minimum absolute atomic E-state index is 0.258. The first-order valence-corrected chi connectivity index (χ1v) is 5.57. The van der Waals surface area contributed by atoms with Gasteiger partial charge in [-0.3, -0.25) is 0 Å². The highest BCUT2D eigenvalue weighted by Gasteiger charge is 2.41. The highest BCUT2D eigenvalue weighted by atomic mass is 32.1. The van der Waals surface area contributed by atoms with Gasteiger partial charge in [0.2, 0.25) is 0 Å². The quantitative estimate of drug-likeness (QED) is 0.808. The molecule has 1 aliphatic heterocycles. The molecular weight excluding hydrogens is 200 g/mol. The third kappa shape index (κ3) is 1.59. The van der Waals surface area contributed by atoms with E-state index in [-0.39, 0.29) is 6.10 Å². The summed E-state index contributed by atoms with van der Waals surface area (Å²) in [5.74, 6) is 0. The van der Waals surface area contributed by atoms with Gasteiger partial charge < -0.3 is 14.6 Å². The molecule has 3 nitrogen and oxygen atoms in total. The Morgan fingerprint density at radius 1 is 1.71 bits per heavy atom. The van der Waals surface area contributed by atoms with Crippen molar-refractivity contribution < 1.29 is 14.6 Å². The topological polar surface area (TPSA) is 38.7 Å². The predicted octanol–water partition coefficient (Wildman–Crippen LogP) is 1.37. The Bertz CT molecular complexity index is 286. The van der Waals surface area contributed by atoms with Gasteiger partial charge in [0.25, 0.3) is 0 Å². The number of thiophene rings is 1. The maximum atomic E-state index is 10.5. The maximum Gasteiger partial charge on any atom is 0.121 e. The van der Waals surface area contributed by atoms with Crippen molar-refractivity contribution in [3.8, 4) is 0 Å². The van der Waals surface area contributed by atoms with Crippen LogP contribution in [0.5, 0.6) is 0 Å². The standard InChI is InChI=1S/C10H14O3S/c1-12-9-6-13-4-3-10(9,11)8-2-5-14-7-8/h2,5,7,9,11H,3-4,6H2,1H3. The molecule has 14 heavy (non-hydrogen) atoms. The van der Waals surface area contributed by atoms with Gasteiger partial charge in [-0.05, 0) is 22.4 Å². The minimum Gasteiger partial charge on any atom is -0.382 e. The Morgan fingerprint density at radius 2 is 2.57 bits per heavy atom. The van der Waals surface area contributed by atoms with Gasteiger partial charge >= 0.3 is 0 Å². The van der Waals surface area contributed by atoms with Crippen molar-refractivity contribution in [3.63, 3.8) is 0 Å². The number of rotatable bonds is 2. The SMILES string of the molecule is COC1COCCC1(O)c1ccsc1. The second kappa shape index (κ2) is 3.98. The van der Waals surface area contributed by atoms with Gasteiger partial charge in [0.15, 0.2) is 0 Å². The van der Waals surface area contributed by atoms with Crippen molar-refractivity contribution in [2.45, 2.75) is 18.1 Å². The van der Waals surface area contributed by atoms with Crippen molar-refractivity contribution in [1.29, 1.82) is 0 Å². The maximum absolute atomic E-state index is 10.5. The van der Waals surface area contributed by atoms with Gasteiger partial charge in [0.1, 0.15) is 11.7 Å². The van der Waals surface area contributed by atoms with Crippen molar-refractivity contribution in [3.05, 3.63) is 22.4 Å². The van der Waals surface area contributed by atoms with E-state index in [2.05, 4.69) is 0 Å². The second-order valence-electron chi connectivity index (χ2n) is 3.49. The zero-order valence-corrected chi connectivity index (χ0v) is 8.92. The van der Waals surface area contributed by atoms with Gasteiger partial charge in [0, 0.05) is 20.1 Å². The molecule has 0 aromatic carbocycles. The molecule has 0 radical (unpaired) electrons. The van der Waals surface area contributed by atoms with Crippen molar-refractivity contribution >= 4 is 11.3 Å². The summed E-state index contributed by atoms with van der Waals surface area (Å²) in [5.41, 5.74) is 0.0742. The zero-order chi connectivity index (χ0) is 10.0. The number of methoxy groups -OCH3 is 1. The molecule has 4 heteroatoms. The molecule has 1 aromatic heterocycles. The molecule has 0 saturated carbocycles. The second-order valence-corrected chi connectivity index (χ2v) is 4.27. The van der Waals surface area contributed by atoms with Crippen LogP contribution < -0.4 is 0 Å². The molecule has 2 rings (SSSR count). The summed E-state index contributed by atoms with van der Waals surface area (Å²) < 4.78 is 10.5. The van der Waals surface area contributed by atoms with E-state index in [1.54, 1.807) is 18.4 Å². The van der Waals surface area contributed by atoms with Crippen LogP contribution in [0.25, 0.3) is 0 Å². The van der Waals surface area contributed by atoms with Crippen LogP contribution in [-0.4, -0.2) is 31.5 Å². The molecule has 2 atom stereocenters. The average Bonchev–Trinajstić information content (AvgIpc) is 2.72. The van der Waals surface area contributed by atoms with Crippen LogP contribution in [0.15, 0.2) is 16.8 Å². The molecule has 1 aliphatic rings. The van der Waals surface area contributed by atoms with Crippen LogP contribution in [0.3, 0.4) is 0 Å². The number of hydrogen-bond donors (Lipinski definition) is 1. The van der Waals surface area contributed by atoms with Crippen LogP contribution >= 0.6 is 11.3 Å². The van der Waals surface area contributed by atoms with Crippen molar-refractivity contribution in [2.24, 2.45) is 0 Å². The summed E-state index contributed by atoms with van der Waals surface area (Å²) in [5, 5.41) is 14.4. The lowest BCUT2D eigenvalue weighted by Crippen LogP contribution is -2.47. The third-order valence-corrected chi connectivity index (χ3v) is 3.42. The van der Waals surface area contributed by atoms with Crippen molar-refractivity contribution in [2.75, 3.05) is 20.3 Å². The van der Waals surface area contributed by atoms with Crippen molar-refractivity contribution in [1.82, 2.24) is 0 Å². The molecule has 1 fully saturated rings. The lowest BCUT2D eigenvalue weighted by molar-refractivity contribution is -0.170. The Balaban J connectivity index is 2.27. The first-order valence-electron chi connectivity index (χ1n) is 4.63. The van der Waals surface area contributed by atoms with E-state index in [1.165, 1.54) is 0 Å². The summed E-state index contributed by atoms with van der Waals surface area (Å²) in [6.07, 6.45) is 0.341. The number of hydrogen-bond acceptors (Lipinski definition) is 4. The highest BCUT2D eigenvalue weighted by Crippen LogP contribution is 2.34. The van der Waals surface area contributed by atoms with Gasteiger partial charge in [-0.1, -0.05) is 0 Å². The van der Waals surface area contributed by atoms with E-state index >= 15 is 0 Å². The van der Waals surface area contributed by atoms with E-state index in [9.17, 15) is 5.11 Å². The smallest absolute Gasteiger partial charge is 0.121 e. The van der Waals surface area contributed by atoms with Crippen LogP contribution in [0.1, 0.15) is 12.0 Å². The fourth-order valence-corrected chi connectivity index (χ4v) is 2.55. The molecular formula is C10H14O3S. The van der Waals surface area contributed by atoms with Crippen LogP contribution in [0.2, 0.25) is 0 Å². The van der Waals surface area contributed by atoms with Gasteiger partial charge in [0.05, 0.1) is 6.61 Å². The molecule has 1 N–H and O–H groups in total. The Kier molecular flexibility index (Phi) is 2.88. The van der Waals surface area contributed by atoms with Gasteiger partial charge in [-0.2, -0.15) is 11.3 Å². The van der Waals surface area contributed by atoms with Crippen LogP contribution in [0, 0.1) is 0 Å². The fraction of sp³-hybridized carbons (Fsp3) is 0.600. The molecule has 2 unspecified atom stereocenters. The summed E-state index contributed by atoms with van der Waals surface area (Å²) in [4.78, 5) is 0. The summed E-state index contributed by atoms with van der Waals surface area (Å²) in [6, 6.07) is 1.95. The normalized spacial score (nSPS) is 33.1. The highest BCUT2D eigenvalue weighted by molar-refractivity contribution is 7.08. The predicted molar refractivity (Wildman–Crippen MR) is 54.4 cm³/mol. The average molecular weight is 214 g/mol. The number of aliphatic hydroxyl groups is 1. The molecule has 1 aromatic rings. The summed E-state index contributed by atoms with van der Waals surface area (Å²) in [7, 11) is 1.61. The number of ether oxygens (including phenoxy) is 2. The largest absolute Gasteiger partial charge is 0.382 e. The lowest BCUT2D eigenvalue weighted by atomic mass is 9.86. The lowest BCUT2D eigenvalue weighted by Gasteiger charge is -2.38. The molecule has 0 amide bonds. The Morgan fingerprint density at radius 3 is 3.21 bits per heavy atom. The van der Waals surface area contributed by atoms with E-state index < -0.39 is 5.60 Å². The van der Waals surface area contributed by atoms with Gasteiger partial charge in [-0.15, -0.1) is 0 Å². The molecule has 78 valence electrons. The first kappa shape index (κ1) is 10.1. The third-order valence-electron chi connectivity index (χ3n) is 2.74. The molecule has 0 bridgehead atoms. The van der Waals surface area contributed by atoms with E-state index in [0.29, 0.717) is 19.6 Å². The van der Waals surface area contributed by atoms with E-state index in [1.807, 2.05) is 16.8 Å². The molecule has 0 aliphatic carbocycles. The van der Waals surface area contributed by atoms with Crippen LogP contribution in [0.4, 0.5) is 0 Å². The molecule has 1 saturated heterocycles. The Labute approximate surface area is 87.3 Å². The minimum atomic E-state index is -0.868. The van der Waals surface area contributed by atoms with E-state index in [4.69, 9.17) is 9.47 Å². The van der Waals surface area contributed by atoms with E-state index in [0.717, 1.165) is 5.56 Å². The fourth-order valence-electron chi connectivity index (χ4n) is 1.82. The zero-order valence-electron chi connectivity index (χ0n) is 8.10. The monoisotopic (exact) mass is 214 g/mol. The van der Waals surface area contributed by atoms with Crippen LogP contribution in [-0.2, 0) is 15.1 Å².